The monoisotopic (exact) mass is 272 g/mol. The third-order valence-corrected chi connectivity index (χ3v) is 2.57. The third kappa shape index (κ3) is 1.63. The van der Waals surface area contributed by atoms with Crippen molar-refractivity contribution >= 4 is 33.4 Å². The van der Waals surface area contributed by atoms with Crippen LogP contribution in [-0.2, 0) is 0 Å². The average Bonchev–Trinajstić information content (AvgIpc) is 2.46. The molecule has 0 fully saturated rings. The summed E-state index contributed by atoms with van der Waals surface area (Å²) in [6.07, 6.45) is 0. The van der Waals surface area contributed by atoms with E-state index in [0.29, 0.717) is 9.63 Å². The number of nitrogen functional groups attached to an aromatic ring is 1. The molecule has 0 aliphatic carbocycles. The number of nitrogens with two attached hydrogens (primary N) is 1. The van der Waals surface area contributed by atoms with Crippen molar-refractivity contribution in [2.75, 3.05) is 5.73 Å². The third-order valence-electron chi connectivity index (χ3n) is 1.79. The van der Waals surface area contributed by atoms with Crippen molar-refractivity contribution in [1.29, 1.82) is 0 Å². The number of halogens is 2. The Balaban J connectivity index is 2.59. The minimum absolute atomic E-state index is 0.277. The molecular formula is C9H6BrClN2O. The maximum Gasteiger partial charge on any atom is 0.231 e. The molecule has 1 heterocycles. The van der Waals surface area contributed by atoms with E-state index in [1.54, 1.807) is 12.1 Å². The average molecular weight is 274 g/mol. The van der Waals surface area contributed by atoms with E-state index in [-0.39, 0.29) is 5.88 Å². The minimum Gasteiger partial charge on any atom is -0.367 e. The van der Waals surface area contributed by atoms with Gasteiger partial charge in [0.25, 0.3) is 0 Å². The summed E-state index contributed by atoms with van der Waals surface area (Å²) in [7, 11) is 0. The van der Waals surface area contributed by atoms with Crippen LogP contribution in [0.15, 0.2) is 33.4 Å². The van der Waals surface area contributed by atoms with Gasteiger partial charge >= 0.3 is 0 Å². The molecule has 5 heteroatoms. The van der Waals surface area contributed by atoms with Crippen LogP contribution < -0.4 is 5.73 Å². The number of benzene rings is 1. The topological polar surface area (TPSA) is 52.0 Å². The van der Waals surface area contributed by atoms with Gasteiger partial charge in [-0.25, -0.2) is 0 Å². The fourth-order valence-corrected chi connectivity index (χ4v) is 1.87. The highest BCUT2D eigenvalue weighted by molar-refractivity contribution is 9.10. The van der Waals surface area contributed by atoms with E-state index in [4.69, 9.17) is 21.9 Å². The molecule has 0 saturated carbocycles. The summed E-state index contributed by atoms with van der Waals surface area (Å²) >= 11 is 9.11. The first-order valence-corrected chi connectivity index (χ1v) is 5.02. The number of aromatic nitrogens is 1. The molecule has 0 amide bonds. The van der Waals surface area contributed by atoms with Gasteiger partial charge in [0.15, 0.2) is 4.60 Å². The Labute approximate surface area is 94.0 Å². The lowest BCUT2D eigenvalue weighted by Crippen LogP contribution is -1.85. The number of rotatable bonds is 1. The van der Waals surface area contributed by atoms with Crippen molar-refractivity contribution in [3.63, 3.8) is 0 Å². The van der Waals surface area contributed by atoms with Crippen LogP contribution in [0.4, 0.5) is 5.88 Å². The molecule has 2 rings (SSSR count). The first kappa shape index (κ1) is 9.55. The van der Waals surface area contributed by atoms with Gasteiger partial charge in [-0.15, -0.1) is 0 Å². The van der Waals surface area contributed by atoms with E-state index in [2.05, 4.69) is 21.1 Å². The van der Waals surface area contributed by atoms with E-state index >= 15 is 0 Å². The van der Waals surface area contributed by atoms with Crippen LogP contribution in [0.1, 0.15) is 0 Å². The van der Waals surface area contributed by atoms with Gasteiger partial charge in [-0.3, -0.25) is 0 Å². The maximum absolute atomic E-state index is 5.86. The smallest absolute Gasteiger partial charge is 0.231 e. The van der Waals surface area contributed by atoms with Crippen molar-refractivity contribution in [3.8, 4) is 11.1 Å². The number of nitrogens with zero attached hydrogens (tertiary/aromatic N) is 1. The number of hydrogen-bond donors (Lipinski definition) is 1. The molecule has 1 aromatic heterocycles. The van der Waals surface area contributed by atoms with Gasteiger partial charge in [-0.2, -0.15) is 0 Å². The molecule has 3 nitrogen and oxygen atoms in total. The Morgan fingerprint density at radius 1 is 1.43 bits per heavy atom. The summed E-state index contributed by atoms with van der Waals surface area (Å²) in [5.41, 5.74) is 7.23. The van der Waals surface area contributed by atoms with Gasteiger partial charge in [-0.05, 0) is 33.6 Å². The fourth-order valence-electron chi connectivity index (χ4n) is 1.19. The second-order valence-corrected chi connectivity index (χ2v) is 3.91. The summed E-state index contributed by atoms with van der Waals surface area (Å²) < 4.78 is 5.41. The van der Waals surface area contributed by atoms with Crippen LogP contribution in [0.2, 0.25) is 5.02 Å². The Kier molecular flexibility index (Phi) is 2.48. The molecule has 14 heavy (non-hydrogen) atoms. The minimum atomic E-state index is 0.277. The van der Waals surface area contributed by atoms with Crippen molar-refractivity contribution in [3.05, 3.63) is 33.9 Å². The lowest BCUT2D eigenvalue weighted by atomic mass is 10.1. The number of anilines is 1. The van der Waals surface area contributed by atoms with Crippen molar-refractivity contribution < 1.29 is 4.52 Å². The van der Waals surface area contributed by atoms with Crippen molar-refractivity contribution in [2.24, 2.45) is 0 Å². The zero-order valence-corrected chi connectivity index (χ0v) is 9.34. The van der Waals surface area contributed by atoms with Crippen molar-refractivity contribution in [1.82, 2.24) is 5.16 Å². The lowest BCUT2D eigenvalue weighted by molar-refractivity contribution is 0.432. The molecule has 1 aromatic carbocycles. The molecule has 2 N–H and O–H groups in total. The zero-order chi connectivity index (χ0) is 10.1. The van der Waals surface area contributed by atoms with Gasteiger partial charge in [0, 0.05) is 5.02 Å². The van der Waals surface area contributed by atoms with Crippen LogP contribution in [0, 0.1) is 0 Å². The molecular weight excluding hydrogens is 267 g/mol. The predicted molar refractivity (Wildman–Crippen MR) is 59.1 cm³/mol. The predicted octanol–water partition coefficient (Wildman–Crippen LogP) is 3.34. The van der Waals surface area contributed by atoms with Gasteiger partial charge < -0.3 is 10.3 Å². The Bertz CT molecular complexity index is 450. The van der Waals surface area contributed by atoms with Crippen LogP contribution in [0.25, 0.3) is 11.1 Å². The molecule has 72 valence electrons. The molecule has 0 atom stereocenters. The summed E-state index contributed by atoms with van der Waals surface area (Å²) in [6, 6.07) is 7.33. The summed E-state index contributed by atoms with van der Waals surface area (Å²) in [4.78, 5) is 0. The van der Waals surface area contributed by atoms with Crippen LogP contribution >= 0.6 is 27.5 Å². The fraction of sp³-hybridized carbons (Fsp3) is 0. The molecule has 0 bridgehead atoms. The second-order valence-electron chi connectivity index (χ2n) is 2.72. The number of hydrogen-bond acceptors (Lipinski definition) is 3. The van der Waals surface area contributed by atoms with Gasteiger partial charge in [0.1, 0.15) is 0 Å². The summed E-state index contributed by atoms with van der Waals surface area (Å²) in [5, 5.41) is 4.34. The van der Waals surface area contributed by atoms with Crippen molar-refractivity contribution in [2.45, 2.75) is 0 Å². The molecule has 0 radical (unpaired) electrons. The molecule has 0 spiro atoms. The standard InChI is InChI=1S/C9H6BrClN2O/c10-8-7(9(12)14-13-8)5-2-1-3-6(11)4-5/h1-4H,12H2. The Morgan fingerprint density at radius 2 is 2.21 bits per heavy atom. The lowest BCUT2D eigenvalue weighted by Gasteiger charge is -1.98. The normalized spacial score (nSPS) is 10.4. The summed E-state index contributed by atoms with van der Waals surface area (Å²) in [5.74, 6) is 0.277. The van der Waals surface area contributed by atoms with E-state index in [1.807, 2.05) is 12.1 Å². The van der Waals surface area contributed by atoms with Crippen LogP contribution in [0.5, 0.6) is 0 Å². The maximum atomic E-state index is 5.86. The Morgan fingerprint density at radius 3 is 2.79 bits per heavy atom. The first-order chi connectivity index (χ1) is 6.68. The molecule has 0 aliphatic rings. The van der Waals surface area contributed by atoms with Gasteiger partial charge in [0.2, 0.25) is 5.88 Å². The highest BCUT2D eigenvalue weighted by Gasteiger charge is 2.13. The first-order valence-electron chi connectivity index (χ1n) is 3.85. The van der Waals surface area contributed by atoms with Gasteiger partial charge in [0.05, 0.1) is 5.56 Å². The highest BCUT2D eigenvalue weighted by Crippen LogP contribution is 2.33. The summed E-state index contributed by atoms with van der Waals surface area (Å²) in [6.45, 7) is 0. The van der Waals surface area contributed by atoms with E-state index in [9.17, 15) is 0 Å². The molecule has 0 unspecified atom stereocenters. The van der Waals surface area contributed by atoms with Crippen LogP contribution in [0.3, 0.4) is 0 Å². The largest absolute Gasteiger partial charge is 0.367 e. The van der Waals surface area contributed by atoms with Crippen LogP contribution in [-0.4, -0.2) is 5.16 Å². The van der Waals surface area contributed by atoms with Gasteiger partial charge in [-0.1, -0.05) is 28.9 Å². The highest BCUT2D eigenvalue weighted by atomic mass is 79.9. The van der Waals surface area contributed by atoms with E-state index in [1.165, 1.54) is 0 Å². The van der Waals surface area contributed by atoms with E-state index in [0.717, 1.165) is 11.1 Å². The zero-order valence-electron chi connectivity index (χ0n) is 7.00. The second kappa shape index (κ2) is 3.63. The quantitative estimate of drug-likeness (QED) is 0.867. The Hall–Kier alpha value is -1.00. The molecule has 0 aliphatic heterocycles. The van der Waals surface area contributed by atoms with E-state index < -0.39 is 0 Å². The SMILES string of the molecule is Nc1onc(Br)c1-c1cccc(Cl)c1. The molecule has 0 saturated heterocycles. The molecule has 2 aromatic rings.